The number of methoxy groups -OCH3 is 2. The predicted molar refractivity (Wildman–Crippen MR) is 523 cm³/mol. The van der Waals surface area contributed by atoms with E-state index in [1.54, 1.807) is 26.5 Å². The lowest BCUT2D eigenvalue weighted by molar-refractivity contribution is -0.374. The zero-order valence-corrected chi connectivity index (χ0v) is 90.3. The molecule has 18 unspecified atom stereocenters. The molecule has 0 amide bonds. The van der Waals surface area contributed by atoms with E-state index in [0.29, 0.717) is 79.3 Å². The molecule has 6 heterocycles. The molecular formula is C114H185ClO20. The minimum absolute atomic E-state index is 0.0208. The van der Waals surface area contributed by atoms with Crippen molar-refractivity contribution in [3.63, 3.8) is 0 Å². The van der Waals surface area contributed by atoms with Crippen LogP contribution in [0.2, 0.25) is 0 Å². The van der Waals surface area contributed by atoms with Gasteiger partial charge in [-0.25, -0.2) is 0 Å². The second kappa shape index (κ2) is 39.1. The van der Waals surface area contributed by atoms with E-state index in [2.05, 4.69) is 192 Å². The highest BCUT2D eigenvalue weighted by atomic mass is 35.5. The van der Waals surface area contributed by atoms with Crippen molar-refractivity contribution in [3.05, 3.63) is 23.3 Å². The lowest BCUT2D eigenvalue weighted by Gasteiger charge is -2.72. The molecule has 0 spiro atoms. The van der Waals surface area contributed by atoms with E-state index in [0.717, 1.165) is 116 Å². The second-order valence-electron chi connectivity index (χ2n) is 52.3. The van der Waals surface area contributed by atoms with Crippen molar-refractivity contribution in [1.29, 1.82) is 0 Å². The molecule has 0 aromatic rings. The second-order valence-corrected chi connectivity index (χ2v) is 52.7. The van der Waals surface area contributed by atoms with Gasteiger partial charge in [0.15, 0.2) is 49.3 Å². The van der Waals surface area contributed by atoms with Gasteiger partial charge in [0.25, 0.3) is 0 Å². The van der Waals surface area contributed by atoms with E-state index in [4.69, 9.17) is 77.9 Å². The summed E-state index contributed by atoms with van der Waals surface area (Å²) in [6.07, 6.45) is 15.6. The topological polar surface area (TPSA) is 235 Å². The van der Waals surface area contributed by atoms with Gasteiger partial charge in [0.2, 0.25) is 5.24 Å². The van der Waals surface area contributed by atoms with Crippen LogP contribution in [-0.4, -0.2) is 180 Å². The molecule has 768 valence electrons. The highest BCUT2D eigenvalue weighted by molar-refractivity contribution is 6.64. The Kier molecular flexibility index (Phi) is 30.9. The Morgan fingerprint density at radius 1 is 0.407 bits per heavy atom. The molecule has 14 fully saturated rings. The Balaban J connectivity index is 0.000000206. The number of hydrogen-bond acceptors (Lipinski definition) is 20. The first-order chi connectivity index (χ1) is 63.2. The monoisotopic (exact) mass is 1910 g/mol. The number of aliphatic hydroxyl groups is 1. The van der Waals surface area contributed by atoms with Gasteiger partial charge in [0, 0.05) is 55.1 Å². The fourth-order valence-electron chi connectivity index (χ4n) is 34.0. The summed E-state index contributed by atoms with van der Waals surface area (Å²) in [6, 6.07) is 0. The molecule has 16 aliphatic rings. The van der Waals surface area contributed by atoms with Crippen LogP contribution >= 0.6 is 11.6 Å². The molecule has 0 aromatic heterocycles. The smallest absolute Gasteiger partial charge is 0.231 e. The van der Waals surface area contributed by atoms with Gasteiger partial charge < -0.3 is 81.0 Å². The number of rotatable bonds is 22. The van der Waals surface area contributed by atoms with E-state index in [1.807, 2.05) is 21.0 Å². The first kappa shape index (κ1) is 107. The van der Waals surface area contributed by atoms with Gasteiger partial charge in [-0.3, -0.25) is 14.4 Å². The Morgan fingerprint density at radius 2 is 0.785 bits per heavy atom. The van der Waals surface area contributed by atoms with Crippen LogP contribution in [0.5, 0.6) is 0 Å². The number of carbonyl (C=O) groups excluding carboxylic acids is 5. The predicted octanol–water partition coefficient (Wildman–Crippen LogP) is 22.8. The van der Waals surface area contributed by atoms with E-state index in [1.165, 1.54) is 18.1 Å². The Bertz CT molecular complexity index is 4280. The molecule has 16 rings (SSSR count). The average Bonchev–Trinajstić information content (AvgIpc) is 0.672. The van der Waals surface area contributed by atoms with Gasteiger partial charge in [0.1, 0.15) is 37.0 Å². The lowest BCUT2D eigenvalue weighted by Crippen LogP contribution is -2.68. The summed E-state index contributed by atoms with van der Waals surface area (Å²) in [6.45, 7) is 68.5. The molecule has 135 heavy (non-hydrogen) atoms. The number of aliphatic hydroxyl groups excluding tert-OH is 1. The average molecular weight is 1910 g/mol. The number of Topliss-reactive ketones (excluding diaryl/α,β-unsaturated/α-hetero) is 2. The SMILES string of the molecule is CCC1O[C@@H](OC2[C@H](O[C@H]3CCC4(C)C5CC=C6C7CC(C)(C)CC[C@]7(C(=O)Cl)C(OC)C[C@@]6(C)[C@@]5(C)CC[C@H]4[C@@]3(C)C=O)OC(C(C)=O)[C@@H](C)[C@@H]2O[C@@H]2OC[C@@H](C)[C@H](C)C2C)C(C)[C@@H](C)[C@H]1C.CCC1O[C@@H](OC2[C@H](O[C@H]3CCC4(C)C5CC=C6C7CC(C)(C)CC[C@]7(CO)C(OC)C[C@@]6(C)[C@@]5(C)CC[C@H]4[C@@]3(C)C=O)OC(C(C)=O)[C@@H](C)[C@@H]2O[C@@H]2OC[C@@H](C)[C@H](C)C2C)C(C)[C@@H](C)[C@H]1C. The Morgan fingerprint density at radius 3 is 1.16 bits per heavy atom. The highest BCUT2D eigenvalue weighted by Gasteiger charge is 2.75. The number of aldehydes is 2. The number of carbonyl (C=O) groups is 5. The maximum absolute atomic E-state index is 14.1. The zero-order chi connectivity index (χ0) is 98.8. The van der Waals surface area contributed by atoms with Crippen molar-refractivity contribution in [2.45, 2.75) is 447 Å². The minimum atomic E-state index is -1.01. The highest BCUT2D eigenvalue weighted by Crippen LogP contribution is 2.79. The fourth-order valence-corrected chi connectivity index (χ4v) is 34.4. The molecular weight excluding hydrogens is 1720 g/mol. The largest absolute Gasteiger partial charge is 0.396 e. The summed E-state index contributed by atoms with van der Waals surface area (Å²) in [5.41, 5.74) is -0.257. The van der Waals surface area contributed by atoms with Crippen LogP contribution < -0.4 is 0 Å². The molecule has 0 aromatic carbocycles. The quantitative estimate of drug-likeness (QED) is 0.0459. The van der Waals surface area contributed by atoms with Crippen molar-refractivity contribution >= 4 is 41.0 Å². The molecule has 6 saturated heterocycles. The van der Waals surface area contributed by atoms with Gasteiger partial charge in [0.05, 0.1) is 84.9 Å². The van der Waals surface area contributed by atoms with Crippen LogP contribution in [0, 0.1) is 183 Å². The van der Waals surface area contributed by atoms with Gasteiger partial charge in [-0.1, -0.05) is 217 Å². The van der Waals surface area contributed by atoms with Crippen molar-refractivity contribution in [2.24, 2.45) is 183 Å². The van der Waals surface area contributed by atoms with Gasteiger partial charge in [-0.05, 0) is 280 Å². The summed E-state index contributed by atoms with van der Waals surface area (Å²) in [7, 11) is 3.64. The number of ether oxygens (including phenoxy) is 14. The van der Waals surface area contributed by atoms with Gasteiger partial charge in [-0.15, -0.1) is 0 Å². The normalized spacial score (nSPS) is 53.8. The first-order valence-corrected chi connectivity index (χ1v) is 54.6. The zero-order valence-electron chi connectivity index (χ0n) is 89.6. The van der Waals surface area contributed by atoms with E-state index < -0.39 is 103 Å². The molecule has 0 bridgehead atoms. The van der Waals surface area contributed by atoms with E-state index >= 15 is 0 Å². The number of hydrogen-bond donors (Lipinski definition) is 1. The van der Waals surface area contributed by atoms with Crippen LogP contribution in [0.4, 0.5) is 0 Å². The summed E-state index contributed by atoms with van der Waals surface area (Å²) < 4.78 is 96.7. The molecule has 48 atom stereocenters. The van der Waals surface area contributed by atoms with Crippen LogP contribution in [0.1, 0.15) is 336 Å². The summed E-state index contributed by atoms with van der Waals surface area (Å²) >= 11 is 6.72. The molecule has 10 aliphatic carbocycles. The fraction of sp³-hybridized carbons (Fsp3) is 0.921. The summed E-state index contributed by atoms with van der Waals surface area (Å²) in [5.74, 6) is 3.38. The van der Waals surface area contributed by atoms with Gasteiger partial charge in [-0.2, -0.15) is 0 Å². The Hall–Kier alpha value is -2.48. The Labute approximate surface area is 819 Å². The summed E-state index contributed by atoms with van der Waals surface area (Å²) in [4.78, 5) is 69.3. The number of fused-ring (bicyclic) bond motifs is 14. The van der Waals surface area contributed by atoms with Crippen LogP contribution in [-0.2, 0) is 90.3 Å². The minimum Gasteiger partial charge on any atom is -0.396 e. The molecule has 1 N–H and O–H groups in total. The maximum Gasteiger partial charge on any atom is 0.231 e. The van der Waals surface area contributed by atoms with E-state index in [-0.39, 0.29) is 162 Å². The van der Waals surface area contributed by atoms with Crippen LogP contribution in [0.3, 0.4) is 0 Å². The van der Waals surface area contributed by atoms with Crippen molar-refractivity contribution in [1.82, 2.24) is 0 Å². The van der Waals surface area contributed by atoms with E-state index in [9.17, 15) is 29.1 Å². The molecule has 21 heteroatoms. The molecule has 6 aliphatic heterocycles. The summed E-state index contributed by atoms with van der Waals surface area (Å²) in [5, 5.41) is 11.0. The standard InChI is InChI=1S/C57H91ClO10.C57H94O10/c1-17-40-33(5)32(4)35(7)49(64-40)68-47-46(67-48-34(6)31(3)30(2)28-63-48)36(8)45(37(9)60)66-50(47)65-43-21-22-53(12)41(54(43,13)29-59)20-23-55(14)42(53)19-18-38-39-26-52(10,11)24-25-57(39,51(58)61)44(62-16)27-56(38,55)15;1-17-41-34(5)33(4)36(7)50(63-41)67-48-47(66-49-35(6)32(3)31(2)28-62-49)37(8)46(38(9)60)65-51(48)64-44-21-22-53(12)42(54(44,13)29-58)20-23-55(14)43(53)19-18-39-40-26-52(10,11)24-25-57(40,30-59)45(61-16)27-56(39,55)15/h18,29-36,39-50H,17,19-28H2,1-16H3;18,29,31-37,40-51,59H,17,19-28,30H2,1-16H3/t30-,31+,32+,33-,34?,35?,36-,39?,40?,41-,42?,43+,44?,45?,46+,47?,48+,49+,50-,53?,54-,55+,56-,57-;31-,32+,33+,34-,35?,36?,37-,40?,41?,42-,43?,44+,45?,46?,47+,48?,49+,50+,51-,53?,54-,55+,56-,57-/m11/s1. The number of ketones is 2. The molecule has 20 nitrogen and oxygen atoms in total. The van der Waals surface area contributed by atoms with Crippen molar-refractivity contribution in [2.75, 3.05) is 34.0 Å². The third kappa shape index (κ3) is 17.4. The number of halogens is 1. The lowest BCUT2D eigenvalue weighted by atomic mass is 9.33. The third-order valence-corrected chi connectivity index (χ3v) is 45.3. The van der Waals surface area contributed by atoms with Crippen LogP contribution in [0.15, 0.2) is 23.3 Å². The third-order valence-electron chi connectivity index (χ3n) is 45.0. The maximum atomic E-state index is 14.1. The first-order valence-electron chi connectivity index (χ1n) is 54.2. The van der Waals surface area contributed by atoms with Crippen molar-refractivity contribution < 1.29 is 95.4 Å². The molecule has 8 saturated carbocycles. The van der Waals surface area contributed by atoms with Crippen molar-refractivity contribution in [3.8, 4) is 0 Å². The van der Waals surface area contributed by atoms with Crippen LogP contribution in [0.25, 0.3) is 0 Å². The number of allylic oxidation sites excluding steroid dienone is 4. The van der Waals surface area contributed by atoms with Gasteiger partial charge >= 0.3 is 0 Å². The molecule has 0 radical (unpaired) electrons.